The molecule has 0 radical (unpaired) electrons. The van der Waals surface area contributed by atoms with Crippen LogP contribution in [0.15, 0.2) is 54.6 Å². The van der Waals surface area contributed by atoms with E-state index in [1.54, 1.807) is 0 Å². The zero-order valence-electron chi connectivity index (χ0n) is 19.2. The molecule has 1 nitrogen and oxygen atoms in total. The molecule has 1 heteroatoms. The first-order valence-corrected chi connectivity index (χ1v) is 11.1. The molecule has 0 N–H and O–H groups in total. The van der Waals surface area contributed by atoms with Gasteiger partial charge in [-0.1, -0.05) is 84.0 Å². The summed E-state index contributed by atoms with van der Waals surface area (Å²) in [7, 11) is 0. The number of nitrogens with zero attached hydrogens (tertiary/aromatic N) is 1. The van der Waals surface area contributed by atoms with Crippen molar-refractivity contribution in [1.29, 1.82) is 0 Å². The zero-order chi connectivity index (χ0) is 21.4. The first kappa shape index (κ1) is 19.3. The third kappa shape index (κ3) is 2.32. The first-order chi connectivity index (χ1) is 14.2. The lowest BCUT2D eigenvalue weighted by atomic mass is 9.54. The molecule has 0 saturated heterocycles. The maximum absolute atomic E-state index is 5.29. The van der Waals surface area contributed by atoms with Crippen molar-refractivity contribution in [1.82, 2.24) is 4.98 Å². The summed E-state index contributed by atoms with van der Waals surface area (Å²) in [5, 5.41) is 3.97. The second kappa shape index (κ2) is 6.17. The van der Waals surface area contributed by atoms with Crippen LogP contribution in [0.2, 0.25) is 0 Å². The number of aromatic nitrogens is 1. The Morgan fingerprint density at radius 2 is 1.37 bits per heavy atom. The van der Waals surface area contributed by atoms with E-state index in [9.17, 15) is 0 Å². The highest BCUT2D eigenvalue weighted by Crippen LogP contribution is 2.57. The van der Waals surface area contributed by atoms with Gasteiger partial charge in [0.2, 0.25) is 0 Å². The average molecular weight is 394 g/mol. The van der Waals surface area contributed by atoms with Gasteiger partial charge >= 0.3 is 0 Å². The topological polar surface area (TPSA) is 12.9 Å². The van der Waals surface area contributed by atoms with Crippen LogP contribution in [-0.4, -0.2) is 4.98 Å². The van der Waals surface area contributed by atoms with E-state index in [1.807, 2.05) is 0 Å². The summed E-state index contributed by atoms with van der Waals surface area (Å²) in [6.45, 7) is 16.7. The Bertz CT molecular complexity index is 1320. The lowest BCUT2D eigenvalue weighted by Crippen LogP contribution is -2.45. The minimum absolute atomic E-state index is 0.0200. The van der Waals surface area contributed by atoms with E-state index in [4.69, 9.17) is 4.98 Å². The number of rotatable bonds is 1. The second-order valence-corrected chi connectivity index (χ2v) is 10.3. The number of aryl methyl sites for hydroxylation is 1. The number of benzene rings is 3. The van der Waals surface area contributed by atoms with Gasteiger partial charge in [0.25, 0.3) is 0 Å². The van der Waals surface area contributed by atoms with Gasteiger partial charge in [0.1, 0.15) is 0 Å². The van der Waals surface area contributed by atoms with E-state index in [0.29, 0.717) is 5.92 Å². The predicted molar refractivity (Wildman–Crippen MR) is 130 cm³/mol. The van der Waals surface area contributed by atoms with Crippen LogP contribution >= 0.6 is 0 Å². The molecule has 1 aromatic heterocycles. The Morgan fingerprint density at radius 3 is 2.07 bits per heavy atom. The van der Waals surface area contributed by atoms with Gasteiger partial charge < -0.3 is 0 Å². The molecular weight excluding hydrogens is 362 g/mol. The number of pyridine rings is 1. The molecule has 0 atom stereocenters. The van der Waals surface area contributed by atoms with E-state index < -0.39 is 0 Å². The Balaban J connectivity index is 2.05. The summed E-state index contributed by atoms with van der Waals surface area (Å²) in [6, 6.07) is 19.9. The molecule has 0 amide bonds. The fourth-order valence-electron chi connectivity index (χ4n) is 5.80. The van der Waals surface area contributed by atoms with Crippen LogP contribution in [0, 0.1) is 6.92 Å². The van der Waals surface area contributed by atoms with Crippen LogP contribution in [0.3, 0.4) is 0 Å². The summed E-state index contributed by atoms with van der Waals surface area (Å²) >= 11 is 0. The minimum atomic E-state index is -0.0391. The van der Waals surface area contributed by atoms with Crippen LogP contribution in [0.25, 0.3) is 32.9 Å². The molecule has 0 fully saturated rings. The standard InChI is InChI=1S/C29H31N/c1-17(2)24-21-14-9-8-12-19(21)16-22-26(24)29(6,7)28(4,5)25-18(3)20-13-10-11-15-23(20)30-27(22)25/h8-17H,1-7H3. The maximum atomic E-state index is 5.29. The monoisotopic (exact) mass is 393 g/mol. The molecule has 3 aromatic carbocycles. The minimum Gasteiger partial charge on any atom is -0.247 e. The molecule has 0 bridgehead atoms. The smallest absolute Gasteiger partial charge is 0.0753 e. The number of hydrogen-bond acceptors (Lipinski definition) is 1. The van der Waals surface area contributed by atoms with Crippen LogP contribution < -0.4 is 0 Å². The third-order valence-electron chi connectivity index (χ3n) is 7.89. The van der Waals surface area contributed by atoms with Crippen LogP contribution in [-0.2, 0) is 10.8 Å². The molecule has 1 heterocycles. The van der Waals surface area contributed by atoms with Gasteiger partial charge in [-0.05, 0) is 63.4 Å². The van der Waals surface area contributed by atoms with E-state index in [0.717, 1.165) is 5.52 Å². The number of hydrogen-bond donors (Lipinski definition) is 0. The number of fused-ring (bicyclic) bond motifs is 5. The second-order valence-electron chi connectivity index (χ2n) is 10.3. The van der Waals surface area contributed by atoms with Gasteiger partial charge in [-0.15, -0.1) is 0 Å². The highest BCUT2D eigenvalue weighted by atomic mass is 14.7. The van der Waals surface area contributed by atoms with Crippen molar-refractivity contribution in [3.8, 4) is 11.3 Å². The van der Waals surface area contributed by atoms with Crippen molar-refractivity contribution in [3.63, 3.8) is 0 Å². The molecule has 1 aliphatic carbocycles. The largest absolute Gasteiger partial charge is 0.247 e. The van der Waals surface area contributed by atoms with Gasteiger partial charge in [0.15, 0.2) is 0 Å². The van der Waals surface area contributed by atoms with Gasteiger partial charge in [-0.2, -0.15) is 0 Å². The Hall–Kier alpha value is -2.67. The molecule has 4 aromatic rings. The van der Waals surface area contributed by atoms with E-state index >= 15 is 0 Å². The van der Waals surface area contributed by atoms with E-state index in [2.05, 4.69) is 103 Å². The first-order valence-electron chi connectivity index (χ1n) is 11.1. The van der Waals surface area contributed by atoms with Crippen molar-refractivity contribution in [2.75, 3.05) is 0 Å². The molecule has 0 spiro atoms. The quantitative estimate of drug-likeness (QED) is 0.319. The molecule has 0 unspecified atom stereocenters. The van der Waals surface area contributed by atoms with E-state index in [-0.39, 0.29) is 10.8 Å². The summed E-state index contributed by atoms with van der Waals surface area (Å²) in [5.41, 5.74) is 9.28. The maximum Gasteiger partial charge on any atom is 0.0753 e. The fourth-order valence-corrected chi connectivity index (χ4v) is 5.80. The van der Waals surface area contributed by atoms with E-state index in [1.165, 1.54) is 49.7 Å². The van der Waals surface area contributed by atoms with Crippen molar-refractivity contribution in [2.45, 2.75) is 65.2 Å². The van der Waals surface area contributed by atoms with Crippen LogP contribution in [0.5, 0.6) is 0 Å². The van der Waals surface area contributed by atoms with Gasteiger partial charge in [0.05, 0.1) is 11.2 Å². The summed E-state index contributed by atoms with van der Waals surface area (Å²) in [5.74, 6) is 0.447. The predicted octanol–water partition coefficient (Wildman–Crippen LogP) is 8.06. The molecular formula is C29H31N. The highest BCUT2D eigenvalue weighted by Gasteiger charge is 2.49. The van der Waals surface area contributed by atoms with Crippen molar-refractivity contribution < 1.29 is 0 Å². The Labute approximate surface area is 180 Å². The van der Waals surface area contributed by atoms with Gasteiger partial charge in [-0.3, -0.25) is 0 Å². The normalized spacial score (nSPS) is 16.7. The molecule has 30 heavy (non-hydrogen) atoms. The van der Waals surface area contributed by atoms with Crippen molar-refractivity contribution in [2.24, 2.45) is 0 Å². The zero-order valence-corrected chi connectivity index (χ0v) is 19.2. The highest BCUT2D eigenvalue weighted by molar-refractivity contribution is 5.97. The summed E-state index contributed by atoms with van der Waals surface area (Å²) in [6.07, 6.45) is 0. The SMILES string of the molecule is Cc1c2c(nc3ccccc13)-c1cc3ccccc3c(C(C)C)c1C(C)(C)C2(C)C. The summed E-state index contributed by atoms with van der Waals surface area (Å²) < 4.78 is 0. The average Bonchev–Trinajstić information content (AvgIpc) is 2.70. The Morgan fingerprint density at radius 1 is 0.767 bits per heavy atom. The molecule has 0 saturated carbocycles. The van der Waals surface area contributed by atoms with Gasteiger partial charge in [0, 0.05) is 16.4 Å². The summed E-state index contributed by atoms with van der Waals surface area (Å²) in [4.78, 5) is 5.29. The van der Waals surface area contributed by atoms with Crippen LogP contribution in [0.1, 0.15) is 69.7 Å². The molecule has 0 aliphatic heterocycles. The number of para-hydroxylation sites is 1. The lowest BCUT2D eigenvalue weighted by molar-refractivity contribution is 0.295. The molecule has 1 aliphatic rings. The fraction of sp³-hybridized carbons (Fsp3) is 0.345. The Kier molecular flexibility index (Phi) is 3.97. The van der Waals surface area contributed by atoms with Crippen LogP contribution in [0.4, 0.5) is 0 Å². The van der Waals surface area contributed by atoms with Crippen molar-refractivity contribution in [3.05, 3.63) is 76.9 Å². The van der Waals surface area contributed by atoms with Gasteiger partial charge in [-0.25, -0.2) is 4.98 Å². The third-order valence-corrected chi connectivity index (χ3v) is 7.89. The van der Waals surface area contributed by atoms with Crippen molar-refractivity contribution >= 4 is 21.7 Å². The molecule has 5 rings (SSSR count). The lowest BCUT2D eigenvalue weighted by Gasteiger charge is -2.50. The molecule has 152 valence electrons.